The number of amides is 1. The maximum absolute atomic E-state index is 13.2. The Morgan fingerprint density at radius 1 is 1.13 bits per heavy atom. The Bertz CT molecular complexity index is 1070. The zero-order valence-corrected chi connectivity index (χ0v) is 17.2. The number of non-ortho nitro benzene ring substituents is 1. The number of benzene rings is 2. The summed E-state index contributed by atoms with van der Waals surface area (Å²) in [4.78, 5) is 27.6. The van der Waals surface area contributed by atoms with Gasteiger partial charge in [-0.05, 0) is 31.2 Å². The summed E-state index contributed by atoms with van der Waals surface area (Å²) in [5.74, 6) is 0.736. The number of nitro benzene ring substituents is 1. The van der Waals surface area contributed by atoms with Crippen molar-refractivity contribution >= 4 is 17.3 Å². The lowest BCUT2D eigenvalue weighted by atomic mass is 10.1. The van der Waals surface area contributed by atoms with Crippen LogP contribution in [0.15, 0.2) is 54.7 Å². The van der Waals surface area contributed by atoms with Crippen LogP contribution < -0.4 is 9.64 Å². The third kappa shape index (κ3) is 4.20. The number of aromatic amines is 1. The van der Waals surface area contributed by atoms with Crippen LogP contribution in [0.4, 0.5) is 11.4 Å². The Kier molecular flexibility index (Phi) is 5.83. The summed E-state index contributed by atoms with van der Waals surface area (Å²) < 4.78 is 5.73. The van der Waals surface area contributed by atoms with Gasteiger partial charge in [0.2, 0.25) is 0 Å². The third-order valence-electron chi connectivity index (χ3n) is 5.31. The summed E-state index contributed by atoms with van der Waals surface area (Å²) in [6.07, 6.45) is 1.51. The lowest BCUT2D eigenvalue weighted by Crippen LogP contribution is -2.49. The van der Waals surface area contributed by atoms with Crippen molar-refractivity contribution in [3.05, 3.63) is 70.4 Å². The van der Waals surface area contributed by atoms with Crippen LogP contribution in [0.3, 0.4) is 0 Å². The Morgan fingerprint density at radius 2 is 1.84 bits per heavy atom. The number of piperazine rings is 1. The highest BCUT2D eigenvalue weighted by Gasteiger charge is 2.26. The lowest BCUT2D eigenvalue weighted by molar-refractivity contribution is -0.384. The zero-order chi connectivity index (χ0) is 21.8. The molecule has 1 saturated heterocycles. The van der Waals surface area contributed by atoms with Crippen molar-refractivity contribution in [2.45, 2.75) is 6.92 Å². The number of anilines is 1. The maximum atomic E-state index is 13.2. The van der Waals surface area contributed by atoms with Crippen LogP contribution >= 0.6 is 0 Å². The predicted octanol–water partition coefficient (Wildman–Crippen LogP) is 3.35. The summed E-state index contributed by atoms with van der Waals surface area (Å²) in [5.41, 5.74) is 2.72. The number of aromatic nitrogens is 2. The molecule has 1 amide bonds. The number of H-pyrrole nitrogens is 1. The molecule has 0 radical (unpaired) electrons. The highest BCUT2D eigenvalue weighted by Crippen LogP contribution is 2.30. The van der Waals surface area contributed by atoms with E-state index in [0.29, 0.717) is 49.6 Å². The van der Waals surface area contributed by atoms with Crippen LogP contribution in [0.5, 0.6) is 5.75 Å². The van der Waals surface area contributed by atoms with Gasteiger partial charge in [0.25, 0.3) is 11.6 Å². The van der Waals surface area contributed by atoms with Gasteiger partial charge in [0.1, 0.15) is 5.75 Å². The van der Waals surface area contributed by atoms with Crippen molar-refractivity contribution in [1.29, 1.82) is 0 Å². The van der Waals surface area contributed by atoms with Gasteiger partial charge < -0.3 is 14.5 Å². The van der Waals surface area contributed by atoms with Gasteiger partial charge in [-0.15, -0.1) is 0 Å². The first-order valence-electron chi connectivity index (χ1n) is 10.1. The number of nitrogens with zero attached hydrogens (tertiary/aromatic N) is 4. The smallest absolute Gasteiger partial charge is 0.269 e. The molecule has 1 aliphatic heterocycles. The van der Waals surface area contributed by atoms with E-state index < -0.39 is 4.92 Å². The van der Waals surface area contributed by atoms with E-state index in [1.54, 1.807) is 17.0 Å². The number of hydrogen-bond acceptors (Lipinski definition) is 6. The molecule has 1 aromatic heterocycles. The molecule has 3 aromatic rings. The Labute approximate surface area is 179 Å². The number of nitrogens with one attached hydrogen (secondary N) is 1. The zero-order valence-electron chi connectivity index (χ0n) is 17.2. The lowest BCUT2D eigenvalue weighted by Gasteiger charge is -2.36. The van der Waals surface area contributed by atoms with Crippen LogP contribution in [-0.2, 0) is 0 Å². The van der Waals surface area contributed by atoms with Gasteiger partial charge in [-0.2, -0.15) is 5.10 Å². The van der Waals surface area contributed by atoms with E-state index in [1.807, 2.05) is 31.2 Å². The molecule has 0 spiro atoms. The molecule has 2 heterocycles. The van der Waals surface area contributed by atoms with E-state index in [0.717, 1.165) is 11.4 Å². The fourth-order valence-electron chi connectivity index (χ4n) is 3.73. The van der Waals surface area contributed by atoms with Crippen LogP contribution in [0.2, 0.25) is 0 Å². The number of carbonyl (C=O) groups excluding carboxylic acids is 1. The molecule has 4 rings (SSSR count). The van der Waals surface area contributed by atoms with Crippen molar-refractivity contribution in [2.24, 2.45) is 0 Å². The van der Waals surface area contributed by atoms with Crippen molar-refractivity contribution < 1.29 is 14.5 Å². The molecule has 9 nitrogen and oxygen atoms in total. The monoisotopic (exact) mass is 421 g/mol. The van der Waals surface area contributed by atoms with Crippen LogP contribution in [0, 0.1) is 10.1 Å². The Balaban J connectivity index is 1.47. The largest absolute Gasteiger partial charge is 0.492 e. The highest BCUT2D eigenvalue weighted by atomic mass is 16.6. The molecule has 0 saturated carbocycles. The molecule has 1 N–H and O–H groups in total. The minimum Gasteiger partial charge on any atom is -0.492 e. The van der Waals surface area contributed by atoms with Crippen molar-refractivity contribution in [1.82, 2.24) is 15.1 Å². The van der Waals surface area contributed by atoms with E-state index in [1.165, 1.54) is 18.3 Å². The SMILES string of the molecule is CCOc1ccccc1N1CCN(C(=O)c2cn[nH]c2-c2ccc([N+](=O)[O-])cc2)CC1. The molecule has 0 unspecified atom stereocenters. The summed E-state index contributed by atoms with van der Waals surface area (Å²) >= 11 is 0. The van der Waals surface area contributed by atoms with Crippen LogP contribution in [0.1, 0.15) is 17.3 Å². The molecule has 160 valence electrons. The van der Waals surface area contributed by atoms with E-state index >= 15 is 0 Å². The number of rotatable bonds is 6. The number of ether oxygens (including phenoxy) is 1. The average Bonchev–Trinajstić information content (AvgIpc) is 3.29. The Morgan fingerprint density at radius 3 is 2.52 bits per heavy atom. The summed E-state index contributed by atoms with van der Waals surface area (Å²) in [5, 5.41) is 17.8. The molecule has 31 heavy (non-hydrogen) atoms. The van der Waals surface area contributed by atoms with Crippen molar-refractivity contribution in [3.8, 4) is 17.0 Å². The number of nitro groups is 1. The standard InChI is InChI=1S/C22H23N5O4/c1-2-31-20-6-4-3-5-19(20)25-11-13-26(14-12-25)22(28)18-15-23-24-21(18)16-7-9-17(10-8-16)27(29)30/h3-10,15H,2,11-14H2,1H3,(H,23,24). The minimum absolute atomic E-state index is 0.000373. The van der Waals surface area contributed by atoms with E-state index in [2.05, 4.69) is 15.1 Å². The van der Waals surface area contributed by atoms with E-state index in [4.69, 9.17) is 4.74 Å². The van der Waals surface area contributed by atoms with Crippen molar-refractivity contribution in [3.63, 3.8) is 0 Å². The molecular formula is C22H23N5O4. The fraction of sp³-hybridized carbons (Fsp3) is 0.273. The average molecular weight is 421 g/mol. The molecule has 0 aliphatic carbocycles. The van der Waals surface area contributed by atoms with Crippen LogP contribution in [0.25, 0.3) is 11.3 Å². The van der Waals surface area contributed by atoms with Gasteiger partial charge in [0, 0.05) is 43.9 Å². The second-order valence-corrected chi connectivity index (χ2v) is 7.14. The van der Waals surface area contributed by atoms with Crippen molar-refractivity contribution in [2.75, 3.05) is 37.7 Å². The van der Waals surface area contributed by atoms with Gasteiger partial charge in [-0.1, -0.05) is 12.1 Å². The molecule has 0 atom stereocenters. The summed E-state index contributed by atoms with van der Waals surface area (Å²) in [6.45, 7) is 5.09. The minimum atomic E-state index is -0.452. The molecule has 2 aromatic carbocycles. The Hall–Kier alpha value is -3.88. The first-order valence-corrected chi connectivity index (χ1v) is 10.1. The molecular weight excluding hydrogens is 398 g/mol. The highest BCUT2D eigenvalue weighted by molar-refractivity contribution is 6.00. The molecule has 0 bridgehead atoms. The third-order valence-corrected chi connectivity index (χ3v) is 5.31. The van der Waals surface area contributed by atoms with Gasteiger partial charge in [0.05, 0.1) is 34.7 Å². The quantitative estimate of drug-likeness (QED) is 0.483. The topological polar surface area (TPSA) is 105 Å². The summed E-state index contributed by atoms with van der Waals surface area (Å²) in [7, 11) is 0. The molecule has 1 aliphatic rings. The van der Waals surface area contributed by atoms with Gasteiger partial charge in [-0.25, -0.2) is 0 Å². The fourth-order valence-corrected chi connectivity index (χ4v) is 3.73. The van der Waals surface area contributed by atoms with Gasteiger partial charge in [-0.3, -0.25) is 20.0 Å². The van der Waals surface area contributed by atoms with Gasteiger partial charge in [0.15, 0.2) is 0 Å². The second kappa shape index (κ2) is 8.86. The number of carbonyl (C=O) groups is 1. The van der Waals surface area contributed by atoms with Gasteiger partial charge >= 0.3 is 0 Å². The first-order chi connectivity index (χ1) is 15.1. The molecule has 9 heteroatoms. The normalized spacial score (nSPS) is 13.8. The number of hydrogen-bond donors (Lipinski definition) is 1. The van der Waals surface area contributed by atoms with E-state index in [9.17, 15) is 14.9 Å². The summed E-state index contributed by atoms with van der Waals surface area (Å²) in [6, 6.07) is 14.0. The van der Waals surface area contributed by atoms with E-state index in [-0.39, 0.29) is 11.6 Å². The first kappa shape index (κ1) is 20.4. The predicted molar refractivity (Wildman–Crippen MR) is 116 cm³/mol. The number of para-hydroxylation sites is 2. The van der Waals surface area contributed by atoms with Crippen LogP contribution in [-0.4, -0.2) is 58.7 Å². The molecule has 1 fully saturated rings. The second-order valence-electron chi connectivity index (χ2n) is 7.14. The maximum Gasteiger partial charge on any atom is 0.269 e.